The smallest absolute Gasteiger partial charge is 0.123 e. The van der Waals surface area contributed by atoms with Crippen molar-refractivity contribution < 1.29 is 4.79 Å². The predicted molar refractivity (Wildman–Crippen MR) is 54.2 cm³/mol. The minimum atomic E-state index is 0.00405. The van der Waals surface area contributed by atoms with Gasteiger partial charge >= 0.3 is 0 Å². The van der Waals surface area contributed by atoms with Crippen molar-refractivity contribution in [3.63, 3.8) is 0 Å². The molecule has 0 aliphatic heterocycles. The minimum Gasteiger partial charge on any atom is -0.303 e. The molecule has 0 saturated heterocycles. The average molecular weight is 231 g/mol. The van der Waals surface area contributed by atoms with Crippen molar-refractivity contribution >= 4 is 22.2 Å². The summed E-state index contributed by atoms with van der Waals surface area (Å²) in [5.41, 5.74) is 1.39. The quantitative estimate of drug-likeness (QED) is 0.633. The normalized spacial score (nSPS) is 28.8. The summed E-state index contributed by atoms with van der Waals surface area (Å²) < 4.78 is 1.22. The van der Waals surface area contributed by atoms with Crippen LogP contribution in [0.1, 0.15) is 33.6 Å². The first-order valence-electron chi connectivity index (χ1n) is 4.31. The molecule has 12 heavy (non-hydrogen) atoms. The summed E-state index contributed by atoms with van der Waals surface area (Å²) in [5.74, 6) is 0.176. The van der Waals surface area contributed by atoms with Crippen LogP contribution in [0.4, 0.5) is 0 Å². The molecule has 68 valence electrons. The number of carbonyl (C=O) groups is 1. The van der Waals surface area contributed by atoms with Crippen molar-refractivity contribution in [2.45, 2.75) is 33.6 Å². The number of hydrogen-bond donors (Lipinski definition) is 0. The van der Waals surface area contributed by atoms with Crippen LogP contribution in [0.25, 0.3) is 0 Å². The van der Waals surface area contributed by atoms with Crippen LogP contribution >= 0.6 is 15.9 Å². The van der Waals surface area contributed by atoms with E-state index in [4.69, 9.17) is 0 Å². The lowest BCUT2D eigenvalue weighted by atomic mass is 9.72. The number of allylic oxidation sites excluding steroid dienone is 2. The van der Waals surface area contributed by atoms with Gasteiger partial charge in [0.1, 0.15) is 6.29 Å². The Morgan fingerprint density at radius 3 is 2.67 bits per heavy atom. The molecule has 0 N–H and O–H groups in total. The van der Waals surface area contributed by atoms with Crippen molar-refractivity contribution in [3.05, 3.63) is 10.1 Å². The van der Waals surface area contributed by atoms with Crippen LogP contribution in [-0.2, 0) is 4.79 Å². The van der Waals surface area contributed by atoms with Gasteiger partial charge in [0.2, 0.25) is 0 Å². The molecule has 1 aliphatic rings. The summed E-state index contributed by atoms with van der Waals surface area (Å²) in [5, 5.41) is 0. The number of rotatable bonds is 1. The molecule has 0 aromatic carbocycles. The van der Waals surface area contributed by atoms with Crippen molar-refractivity contribution in [1.29, 1.82) is 0 Å². The van der Waals surface area contributed by atoms with E-state index in [1.807, 2.05) is 0 Å². The number of halogens is 1. The van der Waals surface area contributed by atoms with Crippen molar-refractivity contribution in [2.75, 3.05) is 0 Å². The standard InChI is InChI=1S/C10H15BrO/c1-7-4-5-8(6-12)10(2,3)9(7)11/h6,8H,4-5H2,1-3H3. The predicted octanol–water partition coefficient (Wildman–Crippen LogP) is 3.29. The summed E-state index contributed by atoms with van der Waals surface area (Å²) in [6.45, 7) is 6.38. The van der Waals surface area contributed by atoms with Gasteiger partial charge in [-0.05, 0) is 19.8 Å². The van der Waals surface area contributed by atoms with Gasteiger partial charge in [0.15, 0.2) is 0 Å². The lowest BCUT2D eigenvalue weighted by Crippen LogP contribution is -2.29. The van der Waals surface area contributed by atoms with E-state index in [0.29, 0.717) is 0 Å². The van der Waals surface area contributed by atoms with Crippen molar-refractivity contribution in [3.8, 4) is 0 Å². The largest absolute Gasteiger partial charge is 0.303 e. The van der Waals surface area contributed by atoms with Gasteiger partial charge in [-0.1, -0.05) is 35.4 Å². The zero-order chi connectivity index (χ0) is 9.35. The summed E-state index contributed by atoms with van der Waals surface area (Å²) in [7, 11) is 0. The molecule has 0 aromatic rings. The van der Waals surface area contributed by atoms with Crippen LogP contribution in [0.3, 0.4) is 0 Å². The molecule has 1 nitrogen and oxygen atoms in total. The van der Waals surface area contributed by atoms with Gasteiger partial charge in [0.25, 0.3) is 0 Å². The Kier molecular flexibility index (Phi) is 2.77. The Hall–Kier alpha value is -0.110. The summed E-state index contributed by atoms with van der Waals surface area (Å²) in [6.07, 6.45) is 3.14. The molecule has 0 heterocycles. The van der Waals surface area contributed by atoms with Gasteiger partial charge in [0.05, 0.1) is 0 Å². The molecule has 0 saturated carbocycles. The molecule has 2 heteroatoms. The van der Waals surface area contributed by atoms with Crippen molar-refractivity contribution in [2.24, 2.45) is 11.3 Å². The van der Waals surface area contributed by atoms with E-state index < -0.39 is 0 Å². The molecule has 1 unspecified atom stereocenters. The van der Waals surface area contributed by atoms with Crippen LogP contribution in [0.2, 0.25) is 0 Å². The fourth-order valence-electron chi connectivity index (χ4n) is 1.79. The maximum Gasteiger partial charge on any atom is 0.123 e. The van der Waals surface area contributed by atoms with E-state index in [-0.39, 0.29) is 11.3 Å². The monoisotopic (exact) mass is 230 g/mol. The Balaban J connectivity index is 3.02. The third-order valence-corrected chi connectivity index (χ3v) is 4.56. The van der Waals surface area contributed by atoms with Crippen LogP contribution in [0.15, 0.2) is 10.1 Å². The van der Waals surface area contributed by atoms with Crippen LogP contribution in [0.5, 0.6) is 0 Å². The summed E-state index contributed by atoms with van der Waals surface area (Å²) >= 11 is 3.58. The van der Waals surface area contributed by atoms with Crippen LogP contribution in [-0.4, -0.2) is 6.29 Å². The Bertz CT molecular complexity index is 228. The van der Waals surface area contributed by atoms with E-state index in [9.17, 15) is 4.79 Å². The maximum atomic E-state index is 10.8. The number of aldehydes is 1. The first-order chi connectivity index (χ1) is 5.50. The van der Waals surface area contributed by atoms with Gasteiger partial charge in [-0.3, -0.25) is 0 Å². The Morgan fingerprint density at radius 1 is 1.58 bits per heavy atom. The summed E-state index contributed by atoms with van der Waals surface area (Å²) in [6, 6.07) is 0. The van der Waals surface area contributed by atoms with E-state index in [2.05, 4.69) is 36.7 Å². The highest BCUT2D eigenvalue weighted by Crippen LogP contribution is 2.46. The SMILES string of the molecule is CC1=C(Br)C(C)(C)C(C=O)CC1. The zero-order valence-corrected chi connectivity index (χ0v) is 9.44. The van der Waals surface area contributed by atoms with Crippen LogP contribution < -0.4 is 0 Å². The molecule has 0 radical (unpaired) electrons. The van der Waals surface area contributed by atoms with Gasteiger partial charge in [-0.25, -0.2) is 0 Å². The first kappa shape index (κ1) is 9.97. The molecule has 0 bridgehead atoms. The molecule has 1 atom stereocenters. The molecule has 1 aliphatic carbocycles. The molecule has 1 rings (SSSR count). The lowest BCUT2D eigenvalue weighted by molar-refractivity contribution is -0.113. The van der Waals surface area contributed by atoms with Gasteiger partial charge < -0.3 is 4.79 Å². The van der Waals surface area contributed by atoms with Gasteiger partial charge in [0, 0.05) is 15.8 Å². The van der Waals surface area contributed by atoms with Crippen molar-refractivity contribution in [1.82, 2.24) is 0 Å². The second-order valence-electron chi connectivity index (χ2n) is 4.10. The van der Waals surface area contributed by atoms with E-state index in [0.717, 1.165) is 19.1 Å². The maximum absolute atomic E-state index is 10.8. The van der Waals surface area contributed by atoms with E-state index in [1.165, 1.54) is 10.1 Å². The first-order valence-corrected chi connectivity index (χ1v) is 5.10. The topological polar surface area (TPSA) is 17.1 Å². The zero-order valence-electron chi connectivity index (χ0n) is 7.86. The Morgan fingerprint density at radius 2 is 2.17 bits per heavy atom. The number of hydrogen-bond acceptors (Lipinski definition) is 1. The second kappa shape index (κ2) is 3.33. The fraction of sp³-hybridized carbons (Fsp3) is 0.700. The van der Waals surface area contributed by atoms with E-state index >= 15 is 0 Å². The minimum absolute atomic E-state index is 0.00405. The van der Waals surface area contributed by atoms with Crippen LogP contribution in [0, 0.1) is 11.3 Å². The average Bonchev–Trinajstić information content (AvgIpc) is 2.01. The molecule has 0 amide bonds. The summed E-state index contributed by atoms with van der Waals surface area (Å²) in [4.78, 5) is 10.8. The lowest BCUT2D eigenvalue weighted by Gasteiger charge is -2.36. The van der Waals surface area contributed by atoms with Gasteiger partial charge in [-0.2, -0.15) is 0 Å². The van der Waals surface area contributed by atoms with Gasteiger partial charge in [-0.15, -0.1) is 0 Å². The third-order valence-electron chi connectivity index (χ3n) is 2.86. The second-order valence-corrected chi connectivity index (χ2v) is 4.89. The molecular weight excluding hydrogens is 216 g/mol. The molecule has 0 aromatic heterocycles. The highest BCUT2D eigenvalue weighted by Gasteiger charge is 2.35. The molecule has 0 spiro atoms. The molecular formula is C10H15BrO. The Labute approximate surface area is 82.4 Å². The fourth-order valence-corrected chi connectivity index (χ4v) is 2.29. The van der Waals surface area contributed by atoms with E-state index in [1.54, 1.807) is 0 Å². The highest BCUT2D eigenvalue weighted by atomic mass is 79.9. The third kappa shape index (κ3) is 1.49. The number of carbonyl (C=O) groups excluding carboxylic acids is 1. The highest BCUT2D eigenvalue weighted by molar-refractivity contribution is 9.11. The molecule has 0 fully saturated rings.